The van der Waals surface area contributed by atoms with Crippen molar-refractivity contribution >= 4 is 23.4 Å². The number of nitrogens with zero attached hydrogens (tertiary/aromatic N) is 2. The van der Waals surface area contributed by atoms with Gasteiger partial charge in [0.25, 0.3) is 0 Å². The normalized spacial score (nSPS) is 12.7. The van der Waals surface area contributed by atoms with Crippen molar-refractivity contribution in [2.45, 2.75) is 55.9 Å². The van der Waals surface area contributed by atoms with Crippen molar-refractivity contribution in [1.82, 2.24) is 9.55 Å². The lowest BCUT2D eigenvalue weighted by molar-refractivity contribution is 0.131. The zero-order valence-electron chi connectivity index (χ0n) is 16.6. The molecule has 1 atom stereocenters. The second-order valence-electron chi connectivity index (χ2n) is 7.83. The van der Waals surface area contributed by atoms with Crippen molar-refractivity contribution < 1.29 is 4.74 Å². The Hall–Kier alpha value is -1.91. The van der Waals surface area contributed by atoms with Crippen LogP contribution in [0.5, 0.6) is 5.75 Å². The van der Waals surface area contributed by atoms with Crippen LogP contribution in [0, 0.1) is 0 Å². The third-order valence-corrected chi connectivity index (χ3v) is 5.98. The third-order valence-electron chi connectivity index (χ3n) is 4.21. The average molecular weight is 415 g/mol. The summed E-state index contributed by atoms with van der Waals surface area (Å²) < 4.78 is 8.05. The van der Waals surface area contributed by atoms with Crippen LogP contribution in [-0.4, -0.2) is 20.4 Å². The summed E-state index contributed by atoms with van der Waals surface area (Å²) >= 11 is 8.22. The molecule has 1 heterocycles. The van der Waals surface area contributed by atoms with Crippen molar-refractivity contribution in [3.63, 3.8) is 0 Å². The van der Waals surface area contributed by atoms with E-state index in [2.05, 4.69) is 60.7 Å². The molecule has 1 aromatic heterocycles. The fourth-order valence-corrected chi connectivity index (χ4v) is 4.39. The zero-order chi connectivity index (χ0) is 20.0. The number of rotatable bonds is 8. The number of imidazole rings is 1. The summed E-state index contributed by atoms with van der Waals surface area (Å²) in [5.41, 5.74) is 1.14. The predicted octanol–water partition coefficient (Wildman–Crippen LogP) is 6.51. The highest BCUT2D eigenvalue weighted by Crippen LogP contribution is 2.33. The van der Waals surface area contributed by atoms with Crippen LogP contribution >= 0.6 is 23.4 Å². The van der Waals surface area contributed by atoms with Crippen molar-refractivity contribution in [1.29, 1.82) is 0 Å². The maximum atomic E-state index is 6.38. The number of aryl methyl sites for hydroxylation is 1. The largest absolute Gasteiger partial charge is 0.488 e. The van der Waals surface area contributed by atoms with Crippen molar-refractivity contribution in [2.75, 3.05) is 0 Å². The second-order valence-corrected chi connectivity index (χ2v) is 9.58. The van der Waals surface area contributed by atoms with Crippen LogP contribution in [0.15, 0.2) is 72.1 Å². The summed E-state index contributed by atoms with van der Waals surface area (Å²) in [7, 11) is 0. The molecule has 3 nitrogen and oxygen atoms in total. The maximum absolute atomic E-state index is 6.38. The van der Waals surface area contributed by atoms with Crippen LogP contribution in [-0.2, 0) is 13.0 Å². The molecule has 0 saturated heterocycles. The number of hydrogen-bond donors (Lipinski definition) is 0. The molecule has 5 heteroatoms. The number of benzene rings is 2. The van der Waals surface area contributed by atoms with E-state index in [1.807, 2.05) is 48.7 Å². The molecule has 0 aliphatic rings. The lowest BCUT2D eigenvalue weighted by atomic mass is 10.1. The fourth-order valence-electron chi connectivity index (χ4n) is 2.94. The Morgan fingerprint density at radius 2 is 1.86 bits per heavy atom. The minimum atomic E-state index is -0.178. The van der Waals surface area contributed by atoms with E-state index < -0.39 is 0 Å². The van der Waals surface area contributed by atoms with Gasteiger partial charge in [0.1, 0.15) is 11.4 Å². The van der Waals surface area contributed by atoms with Crippen LogP contribution in [0.2, 0.25) is 5.02 Å². The van der Waals surface area contributed by atoms with Crippen molar-refractivity contribution in [3.8, 4) is 5.75 Å². The molecular weight excluding hydrogens is 388 g/mol. The molecule has 3 rings (SSSR count). The Balaban J connectivity index is 1.64. The minimum Gasteiger partial charge on any atom is -0.488 e. The zero-order valence-corrected chi connectivity index (χ0v) is 18.2. The lowest BCUT2D eigenvalue weighted by Gasteiger charge is -2.21. The molecule has 2 aromatic carbocycles. The van der Waals surface area contributed by atoms with E-state index in [1.54, 1.807) is 0 Å². The summed E-state index contributed by atoms with van der Waals surface area (Å²) in [6.45, 7) is 7.09. The number of halogens is 1. The molecule has 0 radical (unpaired) electrons. The van der Waals surface area contributed by atoms with E-state index in [0.717, 1.165) is 35.1 Å². The highest BCUT2D eigenvalue weighted by atomic mass is 35.5. The van der Waals surface area contributed by atoms with E-state index >= 15 is 0 Å². The second kappa shape index (κ2) is 9.53. The highest BCUT2D eigenvalue weighted by Gasteiger charge is 2.15. The summed E-state index contributed by atoms with van der Waals surface area (Å²) in [5, 5.41) is 1.21. The minimum absolute atomic E-state index is 0.178. The molecule has 0 saturated carbocycles. The van der Waals surface area contributed by atoms with Gasteiger partial charge in [0, 0.05) is 29.1 Å². The van der Waals surface area contributed by atoms with Crippen molar-refractivity contribution in [3.05, 3.63) is 77.8 Å². The van der Waals surface area contributed by atoms with E-state index in [-0.39, 0.29) is 5.60 Å². The van der Waals surface area contributed by atoms with Gasteiger partial charge in [-0.3, -0.25) is 0 Å². The van der Waals surface area contributed by atoms with Crippen LogP contribution in [0.4, 0.5) is 0 Å². The molecule has 3 aromatic rings. The first kappa shape index (κ1) is 20.8. The first-order chi connectivity index (χ1) is 13.4. The molecule has 0 fully saturated rings. The first-order valence-electron chi connectivity index (χ1n) is 9.54. The van der Waals surface area contributed by atoms with Gasteiger partial charge < -0.3 is 9.30 Å². The van der Waals surface area contributed by atoms with Gasteiger partial charge in [-0.05, 0) is 63.4 Å². The molecule has 0 bridgehead atoms. The molecule has 0 amide bonds. The molecule has 1 unspecified atom stereocenters. The van der Waals surface area contributed by atoms with Gasteiger partial charge in [-0.2, -0.15) is 0 Å². The van der Waals surface area contributed by atoms with Gasteiger partial charge in [-0.15, -0.1) is 11.8 Å². The average Bonchev–Trinajstić information content (AvgIpc) is 3.14. The summed E-state index contributed by atoms with van der Waals surface area (Å²) in [5.74, 6) is 0.914. The molecule has 0 spiro atoms. The SMILES string of the molecule is CC(C)(C)Oc1ccc(CCC(Cn2ccnc2)Sc2ccccc2Cl)cc1. The number of thioether (sulfide) groups is 1. The molecule has 0 aliphatic heterocycles. The number of aromatic nitrogens is 2. The number of hydrogen-bond acceptors (Lipinski definition) is 3. The standard InChI is InChI=1S/C23H27ClN2OS/c1-23(2,3)27-19-11-8-18(9-12-19)10-13-20(16-26-15-14-25-17-26)28-22-7-5-4-6-21(22)24/h4-9,11-12,14-15,17,20H,10,13,16H2,1-3H3. The Bertz CT molecular complexity index is 857. The van der Waals surface area contributed by atoms with Crippen LogP contribution in [0.1, 0.15) is 32.8 Å². The summed E-state index contributed by atoms with van der Waals surface area (Å²) in [6, 6.07) is 16.5. The van der Waals surface area contributed by atoms with Crippen molar-refractivity contribution in [2.24, 2.45) is 0 Å². The highest BCUT2D eigenvalue weighted by molar-refractivity contribution is 8.00. The van der Waals surface area contributed by atoms with E-state index in [1.165, 1.54) is 5.56 Å². The predicted molar refractivity (Wildman–Crippen MR) is 118 cm³/mol. The van der Waals surface area contributed by atoms with Gasteiger partial charge in [0.2, 0.25) is 0 Å². The summed E-state index contributed by atoms with van der Waals surface area (Å²) in [6.07, 6.45) is 7.77. The molecule has 0 aliphatic carbocycles. The molecule has 28 heavy (non-hydrogen) atoms. The van der Waals surface area contributed by atoms with Gasteiger partial charge in [0.15, 0.2) is 0 Å². The maximum Gasteiger partial charge on any atom is 0.120 e. The third kappa shape index (κ3) is 6.61. The van der Waals surface area contributed by atoms with Crippen LogP contribution < -0.4 is 4.74 Å². The Morgan fingerprint density at radius 3 is 2.50 bits per heavy atom. The Morgan fingerprint density at radius 1 is 1.11 bits per heavy atom. The van der Waals surface area contributed by atoms with E-state index in [9.17, 15) is 0 Å². The van der Waals surface area contributed by atoms with Crippen LogP contribution in [0.25, 0.3) is 0 Å². The fraction of sp³-hybridized carbons (Fsp3) is 0.348. The summed E-state index contributed by atoms with van der Waals surface area (Å²) in [4.78, 5) is 5.30. The lowest BCUT2D eigenvalue weighted by Crippen LogP contribution is -2.22. The molecule has 0 N–H and O–H groups in total. The first-order valence-corrected chi connectivity index (χ1v) is 10.8. The number of ether oxygens (including phenoxy) is 1. The van der Waals surface area contributed by atoms with Gasteiger partial charge in [0.05, 0.1) is 11.3 Å². The smallest absolute Gasteiger partial charge is 0.120 e. The Kier molecular flexibility index (Phi) is 7.08. The van der Waals surface area contributed by atoms with Gasteiger partial charge in [-0.25, -0.2) is 4.98 Å². The topological polar surface area (TPSA) is 27.1 Å². The monoisotopic (exact) mass is 414 g/mol. The van der Waals surface area contributed by atoms with E-state index in [0.29, 0.717) is 5.25 Å². The van der Waals surface area contributed by atoms with Gasteiger partial charge in [-0.1, -0.05) is 35.9 Å². The van der Waals surface area contributed by atoms with Gasteiger partial charge >= 0.3 is 0 Å². The molecular formula is C23H27ClN2OS. The molecule has 148 valence electrons. The quantitative estimate of drug-likeness (QED) is 0.393. The van der Waals surface area contributed by atoms with E-state index in [4.69, 9.17) is 16.3 Å². The van der Waals surface area contributed by atoms with Crippen LogP contribution in [0.3, 0.4) is 0 Å². The Labute approximate surface area is 177 Å².